The van der Waals surface area contributed by atoms with Crippen molar-refractivity contribution in [2.24, 2.45) is 0 Å². The van der Waals surface area contributed by atoms with Crippen LogP contribution in [-0.2, 0) is 0 Å². The van der Waals surface area contributed by atoms with Gasteiger partial charge >= 0.3 is 0 Å². The van der Waals surface area contributed by atoms with Gasteiger partial charge in [-0.25, -0.2) is 0 Å². The van der Waals surface area contributed by atoms with Crippen molar-refractivity contribution in [3.8, 4) is 11.5 Å². The maximum Gasteiger partial charge on any atom is 0.160 e. The molecule has 0 aliphatic carbocycles. The summed E-state index contributed by atoms with van der Waals surface area (Å²) >= 11 is 0. The van der Waals surface area contributed by atoms with Crippen molar-refractivity contribution in [2.45, 2.75) is 26.8 Å². The minimum Gasteiger partial charge on any atom is -0.504 e. The first-order valence-electron chi connectivity index (χ1n) is 6.71. The zero-order chi connectivity index (χ0) is 14.7. The zero-order valence-electron chi connectivity index (χ0n) is 12.4. The van der Waals surface area contributed by atoms with Gasteiger partial charge < -0.3 is 15.2 Å². The van der Waals surface area contributed by atoms with Crippen LogP contribution in [0.4, 0.5) is 5.69 Å². The van der Waals surface area contributed by atoms with Crippen LogP contribution in [0.5, 0.6) is 11.5 Å². The van der Waals surface area contributed by atoms with Crippen LogP contribution < -0.4 is 10.1 Å². The summed E-state index contributed by atoms with van der Waals surface area (Å²) in [5, 5.41) is 13.2. The van der Waals surface area contributed by atoms with E-state index in [1.807, 2.05) is 6.07 Å². The Morgan fingerprint density at radius 2 is 1.70 bits per heavy atom. The van der Waals surface area contributed by atoms with Gasteiger partial charge in [-0.3, -0.25) is 0 Å². The van der Waals surface area contributed by atoms with Gasteiger partial charge in [-0.2, -0.15) is 0 Å². The average molecular weight is 271 g/mol. The molecule has 0 bridgehead atoms. The Morgan fingerprint density at radius 3 is 2.25 bits per heavy atom. The van der Waals surface area contributed by atoms with Crippen LogP contribution in [-0.4, -0.2) is 12.2 Å². The molecule has 2 aromatic rings. The maximum absolute atomic E-state index is 9.80. The van der Waals surface area contributed by atoms with Gasteiger partial charge in [0, 0.05) is 17.8 Å². The molecule has 0 amide bonds. The lowest BCUT2D eigenvalue weighted by atomic mass is 10.0. The molecule has 1 unspecified atom stereocenters. The van der Waals surface area contributed by atoms with Gasteiger partial charge in [0.25, 0.3) is 0 Å². The Kier molecular flexibility index (Phi) is 4.18. The minimum absolute atomic E-state index is 0.144. The van der Waals surface area contributed by atoms with Crippen molar-refractivity contribution in [3.05, 3.63) is 53.1 Å². The van der Waals surface area contributed by atoms with Gasteiger partial charge in [-0.05, 0) is 38.5 Å². The lowest BCUT2D eigenvalue weighted by Crippen LogP contribution is -2.07. The van der Waals surface area contributed by atoms with E-state index in [4.69, 9.17) is 4.74 Å². The molecule has 0 spiro atoms. The highest BCUT2D eigenvalue weighted by Crippen LogP contribution is 2.30. The summed E-state index contributed by atoms with van der Waals surface area (Å²) < 4.78 is 5.04. The van der Waals surface area contributed by atoms with E-state index in [-0.39, 0.29) is 11.8 Å². The number of hydrogen-bond donors (Lipinski definition) is 2. The van der Waals surface area contributed by atoms with Gasteiger partial charge in [-0.15, -0.1) is 0 Å². The van der Waals surface area contributed by atoms with Crippen LogP contribution >= 0.6 is 0 Å². The van der Waals surface area contributed by atoms with Crippen LogP contribution in [0.2, 0.25) is 0 Å². The molecule has 0 saturated carbocycles. The summed E-state index contributed by atoms with van der Waals surface area (Å²) in [6, 6.07) is 12.0. The number of aromatic hydroxyl groups is 1. The largest absolute Gasteiger partial charge is 0.504 e. The molecule has 2 N–H and O–H groups in total. The second-order valence-corrected chi connectivity index (χ2v) is 5.17. The fourth-order valence-corrected chi connectivity index (χ4v) is 2.37. The predicted octanol–water partition coefficient (Wildman–Crippen LogP) is 4.19. The van der Waals surface area contributed by atoms with E-state index in [9.17, 15) is 5.11 Å². The fraction of sp³-hybridized carbons (Fsp3) is 0.294. The third-order valence-electron chi connectivity index (χ3n) is 3.31. The zero-order valence-corrected chi connectivity index (χ0v) is 12.4. The summed E-state index contributed by atoms with van der Waals surface area (Å²) in [6.07, 6.45) is 0. The number of phenolic OH excluding ortho intramolecular Hbond substituents is 1. The normalized spacial score (nSPS) is 12.0. The van der Waals surface area contributed by atoms with Crippen LogP contribution in [0.1, 0.15) is 29.7 Å². The number of nitrogens with one attached hydrogen (secondary N) is 1. The molecule has 0 saturated heterocycles. The fourth-order valence-electron chi connectivity index (χ4n) is 2.37. The van der Waals surface area contributed by atoms with E-state index in [0.29, 0.717) is 5.75 Å². The highest BCUT2D eigenvalue weighted by atomic mass is 16.5. The Labute approximate surface area is 120 Å². The summed E-state index contributed by atoms with van der Waals surface area (Å²) in [4.78, 5) is 0. The number of methoxy groups -OCH3 is 1. The SMILES string of the molecule is COc1ccc(NC(C)c2cc(C)cc(C)c2)cc1O. The summed E-state index contributed by atoms with van der Waals surface area (Å²) in [6.45, 7) is 6.31. The standard InChI is InChI=1S/C17H21NO2/c1-11-7-12(2)9-14(8-11)13(3)18-15-5-6-17(20-4)16(19)10-15/h5-10,13,18-19H,1-4H3. The van der Waals surface area contributed by atoms with Crippen molar-refractivity contribution in [3.63, 3.8) is 0 Å². The third kappa shape index (κ3) is 3.23. The van der Waals surface area contributed by atoms with E-state index in [1.165, 1.54) is 16.7 Å². The van der Waals surface area contributed by atoms with Crippen LogP contribution in [0.3, 0.4) is 0 Å². The molecule has 2 rings (SSSR count). The monoisotopic (exact) mass is 271 g/mol. The minimum atomic E-state index is 0.144. The van der Waals surface area contributed by atoms with E-state index in [0.717, 1.165) is 5.69 Å². The molecule has 0 radical (unpaired) electrons. The van der Waals surface area contributed by atoms with Gasteiger partial charge in [0.05, 0.1) is 7.11 Å². The molecule has 0 aromatic heterocycles. The summed E-state index contributed by atoms with van der Waals surface area (Å²) in [5.74, 6) is 0.625. The van der Waals surface area contributed by atoms with E-state index in [2.05, 4.69) is 44.3 Å². The number of ether oxygens (including phenoxy) is 1. The Bertz CT molecular complexity index is 588. The van der Waals surface area contributed by atoms with Gasteiger partial charge in [-0.1, -0.05) is 29.3 Å². The highest BCUT2D eigenvalue weighted by molar-refractivity contribution is 5.55. The van der Waals surface area contributed by atoms with Crippen LogP contribution in [0.15, 0.2) is 36.4 Å². The molecule has 1 atom stereocenters. The molecular weight excluding hydrogens is 250 g/mol. The molecule has 3 nitrogen and oxygen atoms in total. The first-order valence-corrected chi connectivity index (χ1v) is 6.71. The van der Waals surface area contributed by atoms with E-state index >= 15 is 0 Å². The van der Waals surface area contributed by atoms with E-state index < -0.39 is 0 Å². The molecule has 0 heterocycles. The van der Waals surface area contributed by atoms with Crippen molar-refractivity contribution in [1.29, 1.82) is 0 Å². The van der Waals surface area contributed by atoms with Crippen molar-refractivity contribution in [2.75, 3.05) is 12.4 Å². The number of rotatable bonds is 4. The Balaban J connectivity index is 2.18. The highest BCUT2D eigenvalue weighted by Gasteiger charge is 2.08. The van der Waals surface area contributed by atoms with Gasteiger partial charge in [0.2, 0.25) is 0 Å². The quantitative estimate of drug-likeness (QED) is 0.876. The molecule has 3 heteroatoms. The smallest absolute Gasteiger partial charge is 0.160 e. The summed E-state index contributed by atoms with van der Waals surface area (Å²) in [5.41, 5.74) is 4.62. The lowest BCUT2D eigenvalue weighted by Gasteiger charge is -2.17. The number of anilines is 1. The predicted molar refractivity (Wildman–Crippen MR) is 82.6 cm³/mol. The molecule has 20 heavy (non-hydrogen) atoms. The molecule has 0 aliphatic heterocycles. The lowest BCUT2D eigenvalue weighted by molar-refractivity contribution is 0.373. The molecular formula is C17H21NO2. The van der Waals surface area contributed by atoms with Crippen molar-refractivity contribution in [1.82, 2.24) is 0 Å². The number of phenols is 1. The van der Waals surface area contributed by atoms with Crippen LogP contribution in [0, 0.1) is 13.8 Å². The molecule has 0 aliphatic rings. The summed E-state index contributed by atoms with van der Waals surface area (Å²) in [7, 11) is 1.54. The topological polar surface area (TPSA) is 41.5 Å². The maximum atomic E-state index is 9.80. The second-order valence-electron chi connectivity index (χ2n) is 5.17. The first kappa shape index (κ1) is 14.3. The Hall–Kier alpha value is -2.16. The Morgan fingerprint density at radius 1 is 1.05 bits per heavy atom. The van der Waals surface area contributed by atoms with Gasteiger partial charge in [0.15, 0.2) is 11.5 Å². The van der Waals surface area contributed by atoms with Gasteiger partial charge in [0.1, 0.15) is 0 Å². The van der Waals surface area contributed by atoms with Crippen molar-refractivity contribution >= 4 is 5.69 Å². The average Bonchev–Trinajstić information content (AvgIpc) is 2.37. The first-order chi connectivity index (χ1) is 9.49. The molecule has 0 fully saturated rings. The number of hydrogen-bond acceptors (Lipinski definition) is 3. The molecule has 2 aromatic carbocycles. The third-order valence-corrected chi connectivity index (χ3v) is 3.31. The van der Waals surface area contributed by atoms with Crippen molar-refractivity contribution < 1.29 is 9.84 Å². The van der Waals surface area contributed by atoms with E-state index in [1.54, 1.807) is 19.2 Å². The number of aryl methyl sites for hydroxylation is 2. The second kappa shape index (κ2) is 5.87. The molecule has 106 valence electrons. The van der Waals surface area contributed by atoms with Crippen LogP contribution in [0.25, 0.3) is 0 Å². The number of benzene rings is 2.